The van der Waals surface area contributed by atoms with Gasteiger partial charge < -0.3 is 21.3 Å². The van der Waals surface area contributed by atoms with Crippen LogP contribution in [0.4, 0.5) is 4.79 Å². The van der Waals surface area contributed by atoms with Crippen molar-refractivity contribution in [3.8, 4) is 0 Å². The number of hydrogen-bond donors (Lipinski definition) is 3. The monoisotopic (exact) mass is 418 g/mol. The molecular formula is C13H18N6O6S2. The van der Waals surface area contributed by atoms with Crippen LogP contribution in [-0.2, 0) is 26.0 Å². The zero-order valence-electron chi connectivity index (χ0n) is 14.4. The number of hydrogen-bond acceptors (Lipinski definition) is 7. The standard InChI is InChI=1S/C13H18N6O6S2/c1-17(2)11(20)9-8-6(3-16-12(14)15)5-26-10(8)7-4-18(9)13(21)19(7)25-27(22,23)24/h5,7,9H,3-4H2,1-2H3,(H4,14,15,16)(H,22,23,24)/t7-,9+/m1/s1. The molecule has 3 rings (SSSR count). The number of carbonyl (C=O) groups is 2. The van der Waals surface area contributed by atoms with E-state index in [0.29, 0.717) is 21.1 Å². The van der Waals surface area contributed by atoms with Gasteiger partial charge in [-0.1, -0.05) is 0 Å². The number of urea groups is 1. The molecule has 148 valence electrons. The topological polar surface area (TPSA) is 172 Å². The van der Waals surface area contributed by atoms with Gasteiger partial charge in [0.1, 0.15) is 12.1 Å². The van der Waals surface area contributed by atoms with E-state index in [-0.39, 0.29) is 25.0 Å². The Hall–Kier alpha value is -2.42. The van der Waals surface area contributed by atoms with Gasteiger partial charge in [-0.15, -0.1) is 15.6 Å². The normalized spacial score (nSPS) is 21.2. The van der Waals surface area contributed by atoms with Gasteiger partial charge in [0, 0.05) is 24.5 Å². The maximum Gasteiger partial charge on any atom is 0.418 e. The molecule has 2 atom stereocenters. The van der Waals surface area contributed by atoms with E-state index in [1.807, 2.05) is 0 Å². The molecule has 27 heavy (non-hydrogen) atoms. The molecule has 5 N–H and O–H groups in total. The van der Waals surface area contributed by atoms with Crippen LogP contribution in [0.1, 0.15) is 28.1 Å². The van der Waals surface area contributed by atoms with Crippen molar-refractivity contribution >= 4 is 39.6 Å². The Labute approximate surface area is 158 Å². The predicted octanol–water partition coefficient (Wildman–Crippen LogP) is -0.822. The van der Waals surface area contributed by atoms with Crippen LogP contribution in [-0.4, -0.2) is 66.4 Å². The second-order valence-corrected chi connectivity index (χ2v) is 8.11. The largest absolute Gasteiger partial charge is 0.418 e. The van der Waals surface area contributed by atoms with E-state index in [9.17, 15) is 18.0 Å². The number of hydroxylamine groups is 2. The van der Waals surface area contributed by atoms with Crippen LogP contribution in [0, 0.1) is 0 Å². The smallest absolute Gasteiger partial charge is 0.370 e. The molecule has 0 spiro atoms. The van der Waals surface area contributed by atoms with Gasteiger partial charge in [0.25, 0.3) is 0 Å². The second kappa shape index (κ2) is 6.63. The Morgan fingerprint density at radius 2 is 2.15 bits per heavy atom. The van der Waals surface area contributed by atoms with Crippen LogP contribution >= 0.6 is 11.3 Å². The van der Waals surface area contributed by atoms with Gasteiger partial charge in [-0.25, -0.2) is 9.79 Å². The van der Waals surface area contributed by atoms with Gasteiger partial charge in [-0.2, -0.15) is 13.5 Å². The number of carbonyl (C=O) groups excluding carboxylic acids is 2. The van der Waals surface area contributed by atoms with Crippen molar-refractivity contribution in [2.45, 2.75) is 18.6 Å². The number of fused-ring (bicyclic) bond motifs is 4. The minimum atomic E-state index is -4.92. The van der Waals surface area contributed by atoms with Crippen molar-refractivity contribution in [3.05, 3.63) is 21.4 Å². The molecular weight excluding hydrogens is 400 g/mol. The third-order valence-electron chi connectivity index (χ3n) is 4.20. The molecule has 0 unspecified atom stereocenters. The van der Waals surface area contributed by atoms with E-state index in [4.69, 9.17) is 16.0 Å². The van der Waals surface area contributed by atoms with E-state index in [1.165, 1.54) is 21.1 Å². The fraction of sp³-hybridized carbons (Fsp3) is 0.462. The lowest BCUT2D eigenvalue weighted by Gasteiger charge is -2.32. The zero-order valence-corrected chi connectivity index (χ0v) is 16.0. The van der Waals surface area contributed by atoms with Crippen LogP contribution in [0.3, 0.4) is 0 Å². The number of likely N-dealkylation sites (N-methyl/N-ethyl adjacent to an activating group) is 1. The summed E-state index contributed by atoms with van der Waals surface area (Å²) in [6.07, 6.45) is 0. The van der Waals surface area contributed by atoms with Crippen molar-refractivity contribution in [2.24, 2.45) is 16.5 Å². The summed E-state index contributed by atoms with van der Waals surface area (Å²) in [6.45, 7) is 0.132. The van der Waals surface area contributed by atoms with Gasteiger partial charge in [0.15, 0.2) is 5.96 Å². The summed E-state index contributed by atoms with van der Waals surface area (Å²) in [7, 11) is -1.83. The van der Waals surface area contributed by atoms with Gasteiger partial charge in [0.2, 0.25) is 5.91 Å². The summed E-state index contributed by atoms with van der Waals surface area (Å²) in [4.78, 5) is 32.5. The molecule has 1 fully saturated rings. The average Bonchev–Trinajstić information content (AvgIpc) is 3.08. The highest BCUT2D eigenvalue weighted by atomic mass is 32.3. The van der Waals surface area contributed by atoms with Crippen LogP contribution < -0.4 is 11.5 Å². The van der Waals surface area contributed by atoms with E-state index in [0.717, 1.165) is 0 Å². The minimum absolute atomic E-state index is 0.0356. The molecule has 1 saturated heterocycles. The molecule has 1 aromatic heterocycles. The maximum atomic E-state index is 12.8. The summed E-state index contributed by atoms with van der Waals surface area (Å²) in [5, 5.41) is 2.31. The molecule has 2 aliphatic heterocycles. The van der Waals surface area contributed by atoms with E-state index in [1.54, 1.807) is 19.5 Å². The molecule has 12 nitrogen and oxygen atoms in total. The number of aliphatic imine (C=N–C) groups is 1. The lowest BCUT2D eigenvalue weighted by atomic mass is 9.94. The molecule has 14 heteroatoms. The summed E-state index contributed by atoms with van der Waals surface area (Å²) >= 11 is 1.23. The van der Waals surface area contributed by atoms with Gasteiger partial charge in [-0.3, -0.25) is 9.35 Å². The van der Waals surface area contributed by atoms with Crippen molar-refractivity contribution < 1.29 is 26.8 Å². The summed E-state index contributed by atoms with van der Waals surface area (Å²) in [5.74, 6) is -0.502. The van der Waals surface area contributed by atoms with Crippen molar-refractivity contribution in [2.75, 3.05) is 20.6 Å². The number of rotatable bonds is 5. The Balaban J connectivity index is 2.12. The Kier molecular flexibility index (Phi) is 4.75. The number of nitrogens with zero attached hydrogens (tertiary/aromatic N) is 4. The first-order valence-electron chi connectivity index (χ1n) is 7.64. The van der Waals surface area contributed by atoms with Gasteiger partial charge in [-0.05, 0) is 10.9 Å². The first-order valence-corrected chi connectivity index (χ1v) is 9.89. The third-order valence-corrected chi connectivity index (χ3v) is 5.69. The molecule has 0 saturated carbocycles. The number of guanidine groups is 1. The second-order valence-electron chi connectivity index (χ2n) is 6.19. The molecule has 0 aliphatic carbocycles. The Morgan fingerprint density at radius 1 is 1.48 bits per heavy atom. The van der Waals surface area contributed by atoms with E-state index < -0.39 is 28.5 Å². The molecule has 2 bridgehead atoms. The van der Waals surface area contributed by atoms with Crippen LogP contribution in [0.25, 0.3) is 0 Å². The number of amides is 3. The summed E-state index contributed by atoms with van der Waals surface area (Å²) in [6, 6.07) is -2.61. The minimum Gasteiger partial charge on any atom is -0.370 e. The molecule has 1 aromatic rings. The first kappa shape index (κ1) is 19.3. The summed E-state index contributed by atoms with van der Waals surface area (Å²) < 4.78 is 35.7. The highest BCUT2D eigenvalue weighted by Gasteiger charge is 2.53. The van der Waals surface area contributed by atoms with E-state index >= 15 is 0 Å². The quantitative estimate of drug-likeness (QED) is 0.316. The van der Waals surface area contributed by atoms with Crippen LogP contribution in [0.2, 0.25) is 0 Å². The van der Waals surface area contributed by atoms with Gasteiger partial charge in [0.05, 0.1) is 13.1 Å². The van der Waals surface area contributed by atoms with Crippen molar-refractivity contribution in [1.29, 1.82) is 0 Å². The van der Waals surface area contributed by atoms with E-state index in [2.05, 4.69) is 9.28 Å². The number of thiophene rings is 1. The maximum absolute atomic E-state index is 12.8. The highest BCUT2D eigenvalue weighted by molar-refractivity contribution is 7.80. The van der Waals surface area contributed by atoms with Gasteiger partial charge >= 0.3 is 16.4 Å². The third kappa shape index (κ3) is 3.43. The first-order chi connectivity index (χ1) is 12.5. The Morgan fingerprint density at radius 3 is 2.70 bits per heavy atom. The SMILES string of the molecule is CN(C)C(=O)[C@@H]1c2c(CN=C(N)N)csc2[C@H]2CN1C(=O)N2OS(=O)(=O)O. The molecule has 0 radical (unpaired) electrons. The average molecular weight is 418 g/mol. The Bertz CT molecular complexity index is 922. The molecule has 3 amide bonds. The lowest BCUT2D eigenvalue weighted by molar-refractivity contribution is -0.133. The molecule has 0 aromatic carbocycles. The molecule has 2 aliphatic rings. The van der Waals surface area contributed by atoms with Crippen LogP contribution in [0.15, 0.2) is 10.4 Å². The summed E-state index contributed by atoms with van der Waals surface area (Å²) in [5.41, 5.74) is 11.9. The highest BCUT2D eigenvalue weighted by Crippen LogP contribution is 2.48. The van der Waals surface area contributed by atoms with Crippen molar-refractivity contribution in [3.63, 3.8) is 0 Å². The van der Waals surface area contributed by atoms with Crippen LogP contribution in [0.5, 0.6) is 0 Å². The lowest BCUT2D eigenvalue weighted by Crippen LogP contribution is -2.43. The number of nitrogens with two attached hydrogens (primary N) is 2. The fourth-order valence-corrected chi connectivity index (χ4v) is 4.67. The molecule has 3 heterocycles. The fourth-order valence-electron chi connectivity index (χ4n) is 3.13. The predicted molar refractivity (Wildman–Crippen MR) is 94.6 cm³/mol. The van der Waals surface area contributed by atoms with Crippen molar-refractivity contribution in [1.82, 2.24) is 14.9 Å². The zero-order chi connectivity index (χ0) is 20.1.